The summed E-state index contributed by atoms with van der Waals surface area (Å²) >= 11 is 0. The summed E-state index contributed by atoms with van der Waals surface area (Å²) in [6.45, 7) is 7.15. The van der Waals surface area contributed by atoms with E-state index in [1.807, 2.05) is 19.2 Å². The highest BCUT2D eigenvalue weighted by molar-refractivity contribution is 6.24. The standard InChI is InChI=1S/C21H27N3O7.C19H26N4O2/c1-22-18(27)7-6-15(14-26)24-20(28)16-4-2-5-17(19(16)21(24)29)23-8-11-31-13-12-30-10-3-9-25;1-3-7-14(13-21-2)8-6-11-25-18-12-16(22-23-19(18)20)15-9-4-5-10-17(15)24/h2,4-5,9,14-15,23H,3,6-8,10-13H2,1H3,(H,22,27);3-5,9-10,12,14,21,24H,1,6-8,11,13H2,2H3,(H2,20,23). The lowest BCUT2D eigenvalue weighted by atomic mass is 10.00. The maximum atomic E-state index is 12.9. The number of rotatable bonds is 25. The van der Waals surface area contributed by atoms with Crippen molar-refractivity contribution in [1.29, 1.82) is 0 Å². The summed E-state index contributed by atoms with van der Waals surface area (Å²) in [5.41, 5.74) is 7.88. The van der Waals surface area contributed by atoms with Crippen LogP contribution in [0.15, 0.2) is 61.2 Å². The van der Waals surface area contributed by atoms with Gasteiger partial charge in [0, 0.05) is 43.8 Å². The number of benzene rings is 2. The molecule has 0 fully saturated rings. The number of hydrogen-bond donors (Lipinski definition) is 5. The molecule has 4 rings (SSSR count). The minimum absolute atomic E-state index is 0.0224. The molecule has 16 heteroatoms. The molecule has 2 aromatic carbocycles. The Balaban J connectivity index is 0.000000307. The van der Waals surface area contributed by atoms with E-state index in [9.17, 15) is 29.1 Å². The first-order valence-electron chi connectivity index (χ1n) is 18.5. The summed E-state index contributed by atoms with van der Waals surface area (Å²) in [7, 11) is 3.43. The Morgan fingerprint density at radius 1 is 0.964 bits per heavy atom. The molecule has 3 amide bonds. The molecular formula is C40H53N7O9. The van der Waals surface area contributed by atoms with Gasteiger partial charge in [-0.2, -0.15) is 0 Å². The van der Waals surface area contributed by atoms with Crippen molar-refractivity contribution in [3.8, 4) is 22.8 Å². The Kier molecular flexibility index (Phi) is 19.7. The fraction of sp³-hybridized carbons (Fsp3) is 0.425. The van der Waals surface area contributed by atoms with Crippen LogP contribution >= 0.6 is 0 Å². The number of nitrogens with two attached hydrogens (primary N) is 1. The van der Waals surface area contributed by atoms with E-state index in [-0.39, 0.29) is 41.4 Å². The van der Waals surface area contributed by atoms with Crippen molar-refractivity contribution < 1.29 is 43.3 Å². The minimum atomic E-state index is -1.01. The molecule has 16 nitrogen and oxygen atoms in total. The van der Waals surface area contributed by atoms with Gasteiger partial charge >= 0.3 is 0 Å². The zero-order chi connectivity index (χ0) is 40.7. The monoisotopic (exact) mass is 775 g/mol. The molecule has 1 aliphatic rings. The number of hydrogen-bond acceptors (Lipinski definition) is 14. The Bertz CT molecular complexity index is 1760. The summed E-state index contributed by atoms with van der Waals surface area (Å²) in [6, 6.07) is 12.5. The molecule has 1 aromatic heterocycles. The highest BCUT2D eigenvalue weighted by Gasteiger charge is 2.41. The van der Waals surface area contributed by atoms with Crippen LogP contribution in [0.2, 0.25) is 0 Å². The Hall–Kier alpha value is -5.71. The van der Waals surface area contributed by atoms with Gasteiger partial charge in [0.2, 0.25) is 5.91 Å². The van der Waals surface area contributed by atoms with Crippen LogP contribution in [0, 0.1) is 5.92 Å². The Morgan fingerprint density at radius 3 is 2.41 bits per heavy atom. The van der Waals surface area contributed by atoms with Crippen molar-refractivity contribution in [2.75, 3.05) is 71.3 Å². The van der Waals surface area contributed by atoms with E-state index in [1.165, 1.54) is 13.1 Å². The summed E-state index contributed by atoms with van der Waals surface area (Å²) in [5, 5.41) is 26.7. The number of amides is 3. The average Bonchev–Trinajstić information content (AvgIpc) is 3.46. The SMILES string of the molecule is C=CCC(CCCOc1cc(-c2ccccc2O)nnc1N)CNC.CNC(=O)CCC(C=O)N1C(=O)c2cccc(NCCOCCOCCC=O)c2C1=O. The van der Waals surface area contributed by atoms with Crippen LogP contribution in [0.1, 0.15) is 59.2 Å². The van der Waals surface area contributed by atoms with Gasteiger partial charge in [0.1, 0.15) is 24.0 Å². The van der Waals surface area contributed by atoms with Crippen molar-refractivity contribution >= 4 is 41.8 Å². The van der Waals surface area contributed by atoms with Crippen LogP contribution in [-0.4, -0.2) is 117 Å². The van der Waals surface area contributed by atoms with Gasteiger partial charge in [-0.1, -0.05) is 24.3 Å². The first-order chi connectivity index (χ1) is 27.2. The number of carbonyl (C=O) groups excluding carboxylic acids is 5. The molecule has 2 heterocycles. The number of phenols is 1. The molecule has 3 aromatic rings. The summed E-state index contributed by atoms with van der Waals surface area (Å²) in [6.07, 6.45) is 6.61. The van der Waals surface area contributed by atoms with Crippen molar-refractivity contribution in [3.63, 3.8) is 0 Å². The third kappa shape index (κ3) is 13.5. The molecule has 0 saturated carbocycles. The van der Waals surface area contributed by atoms with Gasteiger partial charge in [0.05, 0.1) is 50.2 Å². The maximum absolute atomic E-state index is 12.9. The van der Waals surface area contributed by atoms with E-state index in [1.54, 1.807) is 36.4 Å². The van der Waals surface area contributed by atoms with Crippen LogP contribution in [0.4, 0.5) is 11.5 Å². The number of imide groups is 1. The molecule has 1 aliphatic heterocycles. The second-order valence-electron chi connectivity index (χ2n) is 12.7. The van der Waals surface area contributed by atoms with Gasteiger partial charge in [0.25, 0.3) is 11.8 Å². The zero-order valence-corrected chi connectivity index (χ0v) is 32.0. The molecule has 2 atom stereocenters. The third-order valence-corrected chi connectivity index (χ3v) is 8.67. The molecule has 2 unspecified atom stereocenters. The lowest BCUT2D eigenvalue weighted by molar-refractivity contribution is -0.121. The summed E-state index contributed by atoms with van der Waals surface area (Å²) < 4.78 is 16.4. The number of anilines is 2. The quantitative estimate of drug-likeness (QED) is 0.0360. The van der Waals surface area contributed by atoms with E-state index in [0.717, 1.165) is 37.0 Å². The maximum Gasteiger partial charge on any atom is 0.264 e. The Morgan fingerprint density at radius 2 is 1.71 bits per heavy atom. The van der Waals surface area contributed by atoms with Crippen molar-refractivity contribution in [3.05, 3.63) is 72.3 Å². The van der Waals surface area contributed by atoms with Crippen molar-refractivity contribution in [1.82, 2.24) is 25.7 Å². The zero-order valence-electron chi connectivity index (χ0n) is 32.0. The third-order valence-electron chi connectivity index (χ3n) is 8.67. The van der Waals surface area contributed by atoms with Crippen LogP contribution in [0.3, 0.4) is 0 Å². The number of aromatic hydroxyl groups is 1. The van der Waals surface area contributed by atoms with Crippen LogP contribution in [0.25, 0.3) is 11.3 Å². The number of ether oxygens (including phenoxy) is 3. The van der Waals surface area contributed by atoms with Gasteiger partial charge in [-0.05, 0) is 69.5 Å². The number of para-hydroxylation sites is 1. The summed E-state index contributed by atoms with van der Waals surface area (Å²) in [4.78, 5) is 59.8. The molecule has 0 spiro atoms. The topological polar surface area (TPSA) is 224 Å². The molecule has 302 valence electrons. The number of nitrogen functional groups attached to an aromatic ring is 1. The normalized spacial score (nSPS) is 12.9. The van der Waals surface area contributed by atoms with Gasteiger partial charge in [-0.3, -0.25) is 19.3 Å². The molecule has 0 aliphatic carbocycles. The highest BCUT2D eigenvalue weighted by Crippen LogP contribution is 2.32. The van der Waals surface area contributed by atoms with Crippen molar-refractivity contribution in [2.24, 2.45) is 5.92 Å². The van der Waals surface area contributed by atoms with Crippen LogP contribution in [0.5, 0.6) is 11.5 Å². The second kappa shape index (κ2) is 24.6. The van der Waals surface area contributed by atoms with Gasteiger partial charge in [-0.25, -0.2) is 0 Å². The van der Waals surface area contributed by atoms with E-state index in [4.69, 9.17) is 19.9 Å². The van der Waals surface area contributed by atoms with Crippen molar-refractivity contribution in [2.45, 2.75) is 44.6 Å². The number of allylic oxidation sites excluding steroid dienone is 1. The predicted molar refractivity (Wildman–Crippen MR) is 211 cm³/mol. The largest absolute Gasteiger partial charge is 0.507 e. The fourth-order valence-electron chi connectivity index (χ4n) is 5.83. The van der Waals surface area contributed by atoms with E-state index in [0.29, 0.717) is 80.9 Å². The summed E-state index contributed by atoms with van der Waals surface area (Å²) in [5.74, 6) is 0.0322. The number of nitrogens with zero attached hydrogens (tertiary/aromatic N) is 3. The first-order valence-corrected chi connectivity index (χ1v) is 18.5. The lowest BCUT2D eigenvalue weighted by Crippen LogP contribution is -2.41. The molecular weight excluding hydrogens is 722 g/mol. The Labute approximate surface area is 327 Å². The number of nitrogens with one attached hydrogen (secondary N) is 3. The van der Waals surface area contributed by atoms with E-state index < -0.39 is 17.9 Å². The molecule has 6 N–H and O–H groups in total. The smallest absolute Gasteiger partial charge is 0.264 e. The van der Waals surface area contributed by atoms with Gasteiger partial charge in [-0.15, -0.1) is 16.8 Å². The number of carbonyl (C=O) groups is 5. The minimum Gasteiger partial charge on any atom is -0.507 e. The fourth-order valence-corrected chi connectivity index (χ4v) is 5.83. The van der Waals surface area contributed by atoms with E-state index >= 15 is 0 Å². The highest BCUT2D eigenvalue weighted by atomic mass is 16.5. The molecule has 0 bridgehead atoms. The number of fused-ring (bicyclic) bond motifs is 1. The lowest BCUT2D eigenvalue weighted by Gasteiger charge is -2.21. The van der Waals surface area contributed by atoms with Crippen LogP contribution in [-0.2, 0) is 23.9 Å². The van der Waals surface area contributed by atoms with Gasteiger partial charge in [0.15, 0.2) is 11.6 Å². The first kappa shape index (κ1) is 44.7. The predicted octanol–water partition coefficient (Wildman–Crippen LogP) is 3.41. The van der Waals surface area contributed by atoms with E-state index in [2.05, 4.69) is 32.7 Å². The number of aldehydes is 2. The van der Waals surface area contributed by atoms with Crippen LogP contribution < -0.4 is 26.4 Å². The number of phenolic OH excluding ortho intramolecular Hbond substituents is 1. The average molecular weight is 776 g/mol. The second-order valence-corrected chi connectivity index (χ2v) is 12.7. The molecule has 0 saturated heterocycles. The number of aromatic nitrogens is 2. The van der Waals surface area contributed by atoms with Gasteiger partial charge < -0.3 is 50.6 Å². The molecule has 0 radical (unpaired) electrons. The molecule has 56 heavy (non-hydrogen) atoms.